The Labute approximate surface area is 790 Å². The van der Waals surface area contributed by atoms with Crippen LogP contribution in [0.15, 0.2) is 286 Å². The molecule has 0 bridgehead atoms. The molecule has 10 aromatic carbocycles. The molecule has 0 saturated heterocycles. The van der Waals surface area contributed by atoms with Gasteiger partial charge in [0.05, 0.1) is 24.2 Å². The van der Waals surface area contributed by atoms with Crippen molar-refractivity contribution in [3.8, 4) is 112 Å². The average molecular weight is 1730 g/mol. The number of benzene rings is 10. The van der Waals surface area contributed by atoms with Crippen LogP contribution >= 0.6 is 0 Å². The summed E-state index contributed by atoms with van der Waals surface area (Å²) in [5.41, 5.74) is 28.1. The summed E-state index contributed by atoms with van der Waals surface area (Å²) in [7, 11) is 5.26. The molecule has 646 valence electrons. The molecule has 15 aromatic rings. The number of aromatic nitrogens is 5. The molecule has 0 aliphatic heterocycles. The average Bonchev–Trinajstić information content (AvgIpc) is 0.817. The van der Waals surface area contributed by atoms with Gasteiger partial charge in [0.2, 0.25) is 28.5 Å². The lowest BCUT2D eigenvalue weighted by molar-refractivity contribution is -0.660. The van der Waals surface area contributed by atoms with E-state index < -0.39 is 77.1 Å². The van der Waals surface area contributed by atoms with Crippen LogP contribution in [0, 0.1) is 102 Å². The molecule has 0 unspecified atom stereocenters. The van der Waals surface area contributed by atoms with Gasteiger partial charge in [-0.25, -0.2) is 22.8 Å². The second-order valence-corrected chi connectivity index (χ2v) is 53.1. The van der Waals surface area contributed by atoms with E-state index in [0.29, 0.717) is 50.1 Å². The molecule has 0 radical (unpaired) electrons. The van der Waals surface area contributed by atoms with Gasteiger partial charge in [0.25, 0.3) is 0 Å². The third kappa shape index (κ3) is 23.2. The standard InChI is InChI=1S/C28H38NSi.C24H30NSi.C23H28NSi.C22H24N.C21H22N/c1-20-15-21(2)25(17-24(20)22-13-11-10-12-14-22)26-16-23(18-28(3,4)5)27(19-29(26)6)30(7,8)9;1-17-13-18(2)22(15-21(17)20-11-9-8-10-12-20)23-14-19(3)24(16-25(23)4)26(5,6)7;1-17-14-18(2)22(15-21(17)19-10-8-7-9-11-19)23-13-12-20(16-24(23)3)25(4,5)6;1-15-12-22(23(5)14-18(15)4)21-13-20(16(2)11-17(21)3)19-9-7-6-8-10-19;1-15-10-11-22(4)21(12-15)20-14-19(16(2)13-17(20)3)18-8-6-5-7-9-18/h10-17,19H,18H2,1-9H3;8-16H,1-7H3;7-16H,1-6H3;6-14H,1-5H3;5-14H,1-4H3/q5*+1/i1D3,18D2;2*1D3;2D3,4D3;2D3. The van der Waals surface area contributed by atoms with E-state index in [9.17, 15) is 0 Å². The SMILES string of the molecule is [2H]C([2H])([2H])c1c[n+](C)c(-c2cc(-c3ccccc3)c(C([2H])([2H])[2H])cc2C)cc1C.[2H]C([2H])([2H])c1cc(C)c(-c2cc(C([2H])([2H])C(C)(C)C)c([Si](C)(C)C)c[n+]2C)cc1-c1ccccc1.[2H]C([2H])([2H])c1cc(C)c(-c2cc(C)c([Si](C)(C)C)c[n+]2C)cc1-c1ccccc1.[2H]C([2H])([2H])c1cc(C)c(-c2cc(C)cc[n+]2C)cc1-c1ccccc1.[2H]C([2H])([2H])c1cc(C)c(-c2ccc([Si](C)(C)C)c[n+]2C)cc1-c1ccccc1. The normalized spacial score (nSPS) is 14.5. The molecule has 5 nitrogen and oxygen atoms in total. The Bertz CT molecular complexity index is 7080. The van der Waals surface area contributed by atoms with Gasteiger partial charge in [-0.05, 0) is 272 Å². The van der Waals surface area contributed by atoms with Crippen LogP contribution in [0.3, 0.4) is 0 Å². The van der Waals surface area contributed by atoms with Crippen molar-refractivity contribution < 1.29 is 50.3 Å². The third-order valence-electron chi connectivity index (χ3n) is 23.3. The van der Waals surface area contributed by atoms with E-state index in [4.69, 9.17) is 27.4 Å². The van der Waals surface area contributed by atoms with Crippen LogP contribution in [0.5, 0.6) is 0 Å². The van der Waals surface area contributed by atoms with Gasteiger partial charge < -0.3 is 0 Å². The van der Waals surface area contributed by atoms with E-state index >= 15 is 0 Å². The molecule has 5 aromatic heterocycles. The molecule has 0 saturated carbocycles. The molecule has 0 aliphatic carbocycles. The maximum atomic E-state index is 9.12. The predicted octanol–water partition coefficient (Wildman–Crippen LogP) is 26.8. The van der Waals surface area contributed by atoms with Crippen molar-refractivity contribution >= 4 is 39.8 Å². The minimum absolute atomic E-state index is 0.309. The topological polar surface area (TPSA) is 19.4 Å². The summed E-state index contributed by atoms with van der Waals surface area (Å²) in [4.78, 5) is 0. The minimum Gasteiger partial charge on any atom is -0.201 e. The zero-order valence-corrected chi connectivity index (χ0v) is 81.9. The summed E-state index contributed by atoms with van der Waals surface area (Å²) in [5.74, 6) is 0. The van der Waals surface area contributed by atoms with Gasteiger partial charge in [-0.15, -0.1) is 0 Å². The van der Waals surface area contributed by atoms with Gasteiger partial charge in [0.15, 0.2) is 31.0 Å². The summed E-state index contributed by atoms with van der Waals surface area (Å²) in [6, 6.07) is 82.0. The van der Waals surface area contributed by atoms with Gasteiger partial charge in [-0.1, -0.05) is 268 Å². The molecule has 0 aliphatic rings. The third-order valence-corrected chi connectivity index (χ3v) is 29.5. The number of nitrogens with zero attached hydrogens (tertiary/aromatic N) is 5. The van der Waals surface area contributed by atoms with Crippen molar-refractivity contribution in [2.75, 3.05) is 0 Å². The summed E-state index contributed by atoms with van der Waals surface area (Å²) in [5, 5.41) is 3.95. The summed E-state index contributed by atoms with van der Waals surface area (Å²) < 4.78 is 172. The lowest BCUT2D eigenvalue weighted by Gasteiger charge is -2.25. The van der Waals surface area contributed by atoms with E-state index in [1.165, 1.54) is 21.5 Å². The molecular weight excluding hydrogens is 1570 g/mol. The maximum Gasteiger partial charge on any atom is 0.212 e. The highest BCUT2D eigenvalue weighted by molar-refractivity contribution is 6.89. The maximum absolute atomic E-state index is 9.12. The second kappa shape index (κ2) is 40.1. The fourth-order valence-corrected chi connectivity index (χ4v) is 20.8. The van der Waals surface area contributed by atoms with Crippen LogP contribution in [0.4, 0.5) is 0 Å². The lowest BCUT2D eigenvalue weighted by Crippen LogP contribution is -2.47. The largest absolute Gasteiger partial charge is 0.212 e. The van der Waals surface area contributed by atoms with Crippen LogP contribution < -0.4 is 38.4 Å². The monoisotopic (exact) mass is 1730 g/mol. The minimum atomic E-state index is -2.24. The quantitative estimate of drug-likeness (QED) is 0.0764. The van der Waals surface area contributed by atoms with E-state index in [1.54, 1.807) is 29.8 Å². The Balaban J connectivity index is 0.000000174. The van der Waals surface area contributed by atoms with Crippen molar-refractivity contribution in [1.82, 2.24) is 0 Å². The Hall–Kier alpha value is -11.4. The molecule has 5 heterocycles. The lowest BCUT2D eigenvalue weighted by atomic mass is 9.87. The zero-order valence-electron chi connectivity index (χ0n) is 98.9. The first-order chi connectivity index (χ1) is 67.4. The number of aryl methyl sites for hydroxylation is 19. The molecule has 126 heavy (non-hydrogen) atoms. The Morgan fingerprint density at radius 3 is 0.857 bits per heavy atom. The number of hydrogen-bond donors (Lipinski definition) is 0. The first kappa shape index (κ1) is 70.7. The van der Waals surface area contributed by atoms with Crippen LogP contribution in [0.25, 0.3) is 112 Å². The van der Waals surface area contributed by atoms with E-state index in [0.717, 1.165) is 139 Å². The van der Waals surface area contributed by atoms with Crippen LogP contribution in [-0.2, 0) is 41.6 Å². The molecule has 8 heteroatoms. The summed E-state index contributed by atoms with van der Waals surface area (Å²) >= 11 is 0. The number of pyridine rings is 5. The van der Waals surface area contributed by atoms with Crippen LogP contribution in [-0.4, -0.2) is 24.2 Å². The van der Waals surface area contributed by atoms with Crippen LogP contribution in [0.1, 0.15) is 132 Å². The van der Waals surface area contributed by atoms with E-state index in [2.05, 4.69) is 160 Å². The highest BCUT2D eigenvalue weighted by Crippen LogP contribution is 2.38. The highest BCUT2D eigenvalue weighted by atomic mass is 28.3. The van der Waals surface area contributed by atoms with Crippen molar-refractivity contribution in [2.24, 2.45) is 40.7 Å². The van der Waals surface area contributed by atoms with Crippen molar-refractivity contribution in [3.63, 3.8) is 0 Å². The second-order valence-electron chi connectivity index (χ2n) is 38.0. The molecule has 0 amide bonds. The molecule has 0 atom stereocenters. The fourth-order valence-electron chi connectivity index (χ4n) is 16.3. The molecular formula is C118H142N5Si3+5. The molecule has 0 spiro atoms. The van der Waals surface area contributed by atoms with Gasteiger partial charge in [-0.3, -0.25) is 0 Å². The number of rotatable bonds is 14. The smallest absolute Gasteiger partial charge is 0.201 e. The number of hydrogen-bond acceptors (Lipinski definition) is 0. The van der Waals surface area contributed by atoms with E-state index in [-0.39, 0.29) is 0 Å². The molecule has 0 fully saturated rings. The summed E-state index contributed by atoms with van der Waals surface area (Å²) in [6.45, 7) is 29.3. The molecule has 15 rings (SSSR count). The van der Waals surface area contributed by atoms with Crippen molar-refractivity contribution in [2.45, 2.75) is 183 Å². The van der Waals surface area contributed by atoms with Crippen LogP contribution in [0.2, 0.25) is 58.9 Å². The Kier molecular flexibility index (Phi) is 22.5. The predicted molar refractivity (Wildman–Crippen MR) is 551 cm³/mol. The first-order valence-corrected chi connectivity index (χ1v) is 54.0. The van der Waals surface area contributed by atoms with Gasteiger partial charge in [-0.2, -0.15) is 0 Å². The summed E-state index contributed by atoms with van der Waals surface area (Å²) in [6.07, 6.45) is 8.71. The van der Waals surface area contributed by atoms with Crippen molar-refractivity contribution in [3.05, 3.63) is 369 Å². The Morgan fingerprint density at radius 2 is 0.548 bits per heavy atom. The fraction of sp³-hybridized carbons (Fsp3) is 0.280. The highest BCUT2D eigenvalue weighted by Gasteiger charge is 2.31. The zero-order chi connectivity index (χ0) is 109. The van der Waals surface area contributed by atoms with Gasteiger partial charge in [0.1, 0.15) is 35.2 Å². The van der Waals surface area contributed by atoms with E-state index in [1.807, 2.05) is 289 Å². The van der Waals surface area contributed by atoms with Crippen molar-refractivity contribution in [1.29, 1.82) is 0 Å². The molecule has 0 N–H and O–H groups in total. The Morgan fingerprint density at radius 1 is 0.254 bits per heavy atom. The first-order valence-electron chi connectivity index (χ1n) is 53.5. The van der Waals surface area contributed by atoms with Gasteiger partial charge in [0, 0.05) is 113 Å². The van der Waals surface area contributed by atoms with Gasteiger partial charge >= 0.3 is 0 Å².